The number of aryl methyl sites for hydroxylation is 2. The summed E-state index contributed by atoms with van der Waals surface area (Å²) in [5.74, 6) is 7.61. The zero-order chi connectivity index (χ0) is 18.0. The molecular weight excluding hydrogens is 318 g/mol. The second-order valence-electron chi connectivity index (χ2n) is 5.67. The van der Waals surface area contributed by atoms with Crippen LogP contribution in [0.2, 0.25) is 0 Å². The van der Waals surface area contributed by atoms with Crippen molar-refractivity contribution in [1.29, 1.82) is 0 Å². The van der Waals surface area contributed by atoms with Gasteiger partial charge < -0.3 is 15.1 Å². The topological polar surface area (TPSA) is 95.3 Å². The summed E-state index contributed by atoms with van der Waals surface area (Å²) in [5, 5.41) is 12.0. The Balaban J connectivity index is 1.83. The molecule has 1 aromatic carbocycles. The Kier molecular flexibility index (Phi) is 4.42. The lowest BCUT2D eigenvalue weighted by Gasteiger charge is -2.10. The number of methoxy groups -OCH3 is 1. The Morgan fingerprint density at radius 2 is 1.88 bits per heavy atom. The molecule has 0 atom stereocenters. The van der Waals surface area contributed by atoms with Crippen LogP contribution in [0.1, 0.15) is 22.8 Å². The van der Waals surface area contributed by atoms with E-state index in [2.05, 4.69) is 38.3 Å². The van der Waals surface area contributed by atoms with Crippen LogP contribution in [0, 0.1) is 20.8 Å². The molecule has 8 nitrogen and oxygen atoms in total. The van der Waals surface area contributed by atoms with Gasteiger partial charge in [0.05, 0.1) is 13.3 Å². The summed E-state index contributed by atoms with van der Waals surface area (Å²) in [4.78, 5) is 0. The highest BCUT2D eigenvalue weighted by molar-refractivity contribution is 5.82. The van der Waals surface area contributed by atoms with Crippen molar-refractivity contribution in [2.45, 2.75) is 20.8 Å². The summed E-state index contributed by atoms with van der Waals surface area (Å²) in [6.45, 7) is 5.88. The Labute approximate surface area is 145 Å². The van der Waals surface area contributed by atoms with E-state index in [1.807, 2.05) is 31.2 Å². The monoisotopic (exact) mass is 339 g/mol. The highest BCUT2D eigenvalue weighted by atomic mass is 16.5. The second-order valence-corrected chi connectivity index (χ2v) is 5.67. The molecule has 25 heavy (non-hydrogen) atoms. The van der Waals surface area contributed by atoms with Crippen molar-refractivity contribution < 1.29 is 4.74 Å². The maximum atomic E-state index is 5.78. The molecule has 130 valence electrons. The van der Waals surface area contributed by atoms with E-state index in [0.717, 1.165) is 28.4 Å². The molecule has 3 aromatic rings. The quantitative estimate of drug-likeness (QED) is 0.422. The van der Waals surface area contributed by atoms with Gasteiger partial charge in [-0.05, 0) is 51.1 Å². The fourth-order valence-corrected chi connectivity index (χ4v) is 2.65. The van der Waals surface area contributed by atoms with E-state index in [-0.39, 0.29) is 0 Å². The maximum Gasteiger partial charge on any atom is 0.263 e. The van der Waals surface area contributed by atoms with Crippen LogP contribution in [-0.2, 0) is 0 Å². The van der Waals surface area contributed by atoms with Crippen molar-refractivity contribution >= 4 is 12.2 Å². The van der Waals surface area contributed by atoms with Crippen LogP contribution < -0.4 is 16.0 Å². The third-order valence-corrected chi connectivity index (χ3v) is 4.04. The van der Waals surface area contributed by atoms with Gasteiger partial charge in [-0.25, -0.2) is 10.1 Å². The number of nitrogens with two attached hydrogens (primary N) is 1. The SMILES string of the molecule is COc1ccc(-n2c(C)cc(/C=N/Nc3nnc(C)n3N)c2C)cc1. The number of aromatic nitrogens is 4. The van der Waals surface area contributed by atoms with E-state index in [1.54, 1.807) is 20.2 Å². The molecule has 0 aliphatic rings. The Bertz CT molecular complexity index is 906. The van der Waals surface area contributed by atoms with Gasteiger partial charge >= 0.3 is 0 Å². The third-order valence-electron chi connectivity index (χ3n) is 4.04. The van der Waals surface area contributed by atoms with Gasteiger partial charge in [0.1, 0.15) is 5.75 Å². The van der Waals surface area contributed by atoms with Crippen molar-refractivity contribution in [1.82, 2.24) is 19.4 Å². The van der Waals surface area contributed by atoms with Crippen LogP contribution in [0.15, 0.2) is 35.4 Å². The van der Waals surface area contributed by atoms with Gasteiger partial charge in [0.15, 0.2) is 5.82 Å². The summed E-state index contributed by atoms with van der Waals surface area (Å²) < 4.78 is 8.72. The zero-order valence-corrected chi connectivity index (χ0v) is 14.7. The van der Waals surface area contributed by atoms with Gasteiger partial charge in [0.2, 0.25) is 0 Å². The Morgan fingerprint density at radius 1 is 1.16 bits per heavy atom. The number of hydrogen-bond donors (Lipinski definition) is 2. The Morgan fingerprint density at radius 3 is 2.48 bits per heavy atom. The fourth-order valence-electron chi connectivity index (χ4n) is 2.65. The largest absolute Gasteiger partial charge is 0.497 e. The molecule has 0 unspecified atom stereocenters. The van der Waals surface area contributed by atoms with E-state index < -0.39 is 0 Å². The van der Waals surface area contributed by atoms with E-state index >= 15 is 0 Å². The minimum Gasteiger partial charge on any atom is -0.497 e. The van der Waals surface area contributed by atoms with Crippen molar-refractivity contribution in [2.24, 2.45) is 5.10 Å². The van der Waals surface area contributed by atoms with Crippen molar-refractivity contribution in [3.8, 4) is 11.4 Å². The number of anilines is 1. The lowest BCUT2D eigenvalue weighted by atomic mass is 10.2. The highest BCUT2D eigenvalue weighted by Crippen LogP contribution is 2.22. The standard InChI is InChI=1S/C17H21N7O/c1-11-9-14(10-19-21-17-22-20-13(3)24(17)18)12(2)23(11)15-5-7-16(25-4)8-6-15/h5-10H,18H2,1-4H3,(H,21,22)/b19-10+. The second kappa shape index (κ2) is 6.68. The average molecular weight is 339 g/mol. The molecule has 0 bridgehead atoms. The van der Waals surface area contributed by atoms with Crippen LogP contribution in [0.5, 0.6) is 5.75 Å². The van der Waals surface area contributed by atoms with Gasteiger partial charge in [-0.15, -0.1) is 10.2 Å². The lowest BCUT2D eigenvalue weighted by molar-refractivity contribution is 0.414. The van der Waals surface area contributed by atoms with Crippen LogP contribution in [0.4, 0.5) is 5.95 Å². The normalized spacial score (nSPS) is 11.2. The maximum absolute atomic E-state index is 5.78. The van der Waals surface area contributed by atoms with E-state index in [0.29, 0.717) is 11.8 Å². The first kappa shape index (κ1) is 16.6. The summed E-state index contributed by atoms with van der Waals surface area (Å²) in [6, 6.07) is 10.0. The van der Waals surface area contributed by atoms with Gasteiger partial charge in [0, 0.05) is 22.6 Å². The fraction of sp³-hybridized carbons (Fsp3) is 0.235. The summed E-state index contributed by atoms with van der Waals surface area (Å²) >= 11 is 0. The number of nitrogens with zero attached hydrogens (tertiary/aromatic N) is 5. The van der Waals surface area contributed by atoms with Gasteiger partial charge in [-0.2, -0.15) is 5.10 Å². The molecule has 0 amide bonds. The molecule has 3 rings (SSSR count). The first-order valence-electron chi connectivity index (χ1n) is 7.81. The average Bonchev–Trinajstić information content (AvgIpc) is 3.08. The number of nitrogen functional groups attached to an aromatic ring is 1. The summed E-state index contributed by atoms with van der Waals surface area (Å²) in [7, 11) is 1.66. The van der Waals surface area contributed by atoms with Crippen molar-refractivity contribution in [3.63, 3.8) is 0 Å². The van der Waals surface area contributed by atoms with E-state index in [4.69, 9.17) is 10.6 Å². The molecule has 8 heteroatoms. The van der Waals surface area contributed by atoms with Crippen LogP contribution in [0.3, 0.4) is 0 Å². The van der Waals surface area contributed by atoms with Gasteiger partial charge in [-0.3, -0.25) is 0 Å². The number of ether oxygens (including phenoxy) is 1. The summed E-state index contributed by atoms with van der Waals surface area (Å²) in [6.07, 6.45) is 1.74. The number of nitrogens with one attached hydrogen (secondary N) is 1. The number of hydrogen-bond acceptors (Lipinski definition) is 6. The van der Waals surface area contributed by atoms with Crippen molar-refractivity contribution in [3.05, 3.63) is 53.1 Å². The van der Waals surface area contributed by atoms with Crippen LogP contribution in [0.25, 0.3) is 5.69 Å². The molecular formula is C17H21N7O. The van der Waals surface area contributed by atoms with Crippen molar-refractivity contribution in [2.75, 3.05) is 18.4 Å². The Hall–Kier alpha value is -3.29. The molecule has 2 heterocycles. The predicted molar refractivity (Wildman–Crippen MR) is 97.9 cm³/mol. The minimum absolute atomic E-state index is 0.387. The molecule has 2 aromatic heterocycles. The number of hydrazone groups is 1. The van der Waals surface area contributed by atoms with Gasteiger partial charge in [0.25, 0.3) is 5.95 Å². The molecule has 0 spiro atoms. The van der Waals surface area contributed by atoms with Crippen LogP contribution in [-0.4, -0.2) is 32.8 Å². The molecule has 3 N–H and O–H groups in total. The zero-order valence-electron chi connectivity index (χ0n) is 14.7. The molecule has 0 saturated heterocycles. The third kappa shape index (κ3) is 3.18. The van der Waals surface area contributed by atoms with E-state index in [1.165, 1.54) is 4.68 Å². The summed E-state index contributed by atoms with van der Waals surface area (Å²) in [5.41, 5.74) is 7.07. The first-order chi connectivity index (χ1) is 12.0. The number of rotatable bonds is 5. The van der Waals surface area contributed by atoms with E-state index in [9.17, 15) is 0 Å². The molecule has 0 radical (unpaired) electrons. The van der Waals surface area contributed by atoms with Gasteiger partial charge in [-0.1, -0.05) is 0 Å². The van der Waals surface area contributed by atoms with Crippen LogP contribution >= 0.6 is 0 Å². The highest BCUT2D eigenvalue weighted by Gasteiger charge is 2.10. The molecule has 0 fully saturated rings. The molecule has 0 saturated carbocycles. The predicted octanol–water partition coefficient (Wildman–Crippen LogP) is 2.16. The molecule has 0 aliphatic heterocycles. The first-order valence-corrected chi connectivity index (χ1v) is 7.81. The lowest BCUT2D eigenvalue weighted by Crippen LogP contribution is -2.13. The smallest absolute Gasteiger partial charge is 0.263 e. The molecule has 0 aliphatic carbocycles. The minimum atomic E-state index is 0.387. The number of benzene rings is 1.